The summed E-state index contributed by atoms with van der Waals surface area (Å²) in [6.07, 6.45) is 4.15. The van der Waals surface area contributed by atoms with Gasteiger partial charge < -0.3 is 10.2 Å². The van der Waals surface area contributed by atoms with Gasteiger partial charge in [0.05, 0.1) is 5.69 Å². The summed E-state index contributed by atoms with van der Waals surface area (Å²) >= 11 is 3.69. The van der Waals surface area contributed by atoms with Crippen molar-refractivity contribution in [1.82, 2.24) is 15.3 Å². The van der Waals surface area contributed by atoms with E-state index in [1.54, 1.807) is 11.8 Å². The molecule has 0 spiro atoms. The molecule has 0 unspecified atom stereocenters. The molecule has 1 fully saturated rings. The number of fused-ring (bicyclic) bond motifs is 1. The van der Waals surface area contributed by atoms with Crippen LogP contribution in [0.2, 0.25) is 0 Å². The normalized spacial score (nSPS) is 19.9. The van der Waals surface area contributed by atoms with Crippen molar-refractivity contribution in [3.63, 3.8) is 0 Å². The highest BCUT2D eigenvalue weighted by atomic mass is 32.2. The van der Waals surface area contributed by atoms with E-state index < -0.39 is 0 Å². The number of rotatable bonds is 2. The molecule has 2 aliphatic heterocycles. The van der Waals surface area contributed by atoms with Crippen LogP contribution in [0.3, 0.4) is 0 Å². The van der Waals surface area contributed by atoms with E-state index >= 15 is 0 Å². The highest BCUT2D eigenvalue weighted by molar-refractivity contribution is 7.99. The zero-order valence-corrected chi connectivity index (χ0v) is 12.9. The molecule has 0 aliphatic carbocycles. The summed E-state index contributed by atoms with van der Waals surface area (Å²) in [4.78, 5) is 12.0. The van der Waals surface area contributed by atoms with E-state index in [0.717, 1.165) is 44.2 Å². The Morgan fingerprint density at radius 2 is 1.95 bits per heavy atom. The molecule has 2 aliphatic rings. The van der Waals surface area contributed by atoms with Crippen molar-refractivity contribution in [2.24, 2.45) is 0 Å². The molecule has 0 radical (unpaired) electrons. The Balaban J connectivity index is 1.99. The predicted octanol–water partition coefficient (Wildman–Crippen LogP) is 1.44. The molecular weight excluding hydrogens is 276 g/mol. The predicted molar refractivity (Wildman–Crippen MR) is 83.6 cm³/mol. The van der Waals surface area contributed by atoms with Crippen molar-refractivity contribution >= 4 is 29.3 Å². The van der Waals surface area contributed by atoms with Gasteiger partial charge in [-0.25, -0.2) is 9.97 Å². The van der Waals surface area contributed by atoms with Gasteiger partial charge >= 0.3 is 0 Å². The monoisotopic (exact) mass is 296 g/mol. The second-order valence-corrected chi connectivity index (χ2v) is 6.81. The standard InChI is InChI=1S/C13H20N4S2/c1-18-13-15-11-3-5-14-4-2-10(11)12(16-13)17-6-8-19-9-7-17/h14H,2-9H2,1H3. The quantitative estimate of drug-likeness (QED) is 0.658. The van der Waals surface area contributed by atoms with Crippen LogP contribution in [0.1, 0.15) is 11.3 Å². The van der Waals surface area contributed by atoms with E-state index in [1.165, 1.54) is 28.6 Å². The first-order valence-corrected chi connectivity index (χ1v) is 9.23. The Morgan fingerprint density at radius 1 is 1.16 bits per heavy atom. The van der Waals surface area contributed by atoms with Gasteiger partial charge in [-0.05, 0) is 19.2 Å². The highest BCUT2D eigenvalue weighted by Gasteiger charge is 2.21. The molecule has 1 N–H and O–H groups in total. The zero-order valence-electron chi connectivity index (χ0n) is 11.3. The summed E-state index contributed by atoms with van der Waals surface area (Å²) in [6.45, 7) is 4.32. The Bertz CT molecular complexity index is 447. The molecular formula is C13H20N4S2. The SMILES string of the molecule is CSc1nc2c(c(N3CCSCC3)n1)CCNCC2. The average Bonchev–Trinajstić information content (AvgIpc) is 2.72. The van der Waals surface area contributed by atoms with Crippen LogP contribution in [0.25, 0.3) is 0 Å². The van der Waals surface area contributed by atoms with Gasteiger partial charge in [-0.2, -0.15) is 11.8 Å². The third-order valence-corrected chi connectivity index (χ3v) is 5.12. The zero-order chi connectivity index (χ0) is 13.1. The fourth-order valence-corrected chi connectivity index (χ4v) is 3.91. The number of aromatic nitrogens is 2. The van der Waals surface area contributed by atoms with Crippen LogP contribution in [0.15, 0.2) is 5.16 Å². The van der Waals surface area contributed by atoms with E-state index in [0.29, 0.717) is 0 Å². The topological polar surface area (TPSA) is 41.1 Å². The Kier molecular flexibility index (Phi) is 4.50. The van der Waals surface area contributed by atoms with Crippen LogP contribution >= 0.6 is 23.5 Å². The van der Waals surface area contributed by atoms with Crippen LogP contribution in [-0.2, 0) is 12.8 Å². The third-order valence-electron chi connectivity index (χ3n) is 3.63. The first kappa shape index (κ1) is 13.5. The van der Waals surface area contributed by atoms with E-state index in [1.807, 2.05) is 11.8 Å². The van der Waals surface area contributed by atoms with Crippen molar-refractivity contribution in [3.05, 3.63) is 11.3 Å². The molecule has 0 amide bonds. The van der Waals surface area contributed by atoms with E-state index in [4.69, 9.17) is 9.97 Å². The van der Waals surface area contributed by atoms with Gasteiger partial charge in [0, 0.05) is 43.1 Å². The molecule has 0 saturated carbocycles. The maximum absolute atomic E-state index is 4.81. The number of hydrogen-bond donors (Lipinski definition) is 1. The van der Waals surface area contributed by atoms with E-state index in [9.17, 15) is 0 Å². The lowest BCUT2D eigenvalue weighted by molar-refractivity contribution is 0.707. The van der Waals surface area contributed by atoms with Crippen molar-refractivity contribution in [1.29, 1.82) is 0 Å². The molecule has 6 heteroatoms. The van der Waals surface area contributed by atoms with Crippen molar-refractivity contribution < 1.29 is 0 Å². The van der Waals surface area contributed by atoms with Crippen molar-refractivity contribution in [3.8, 4) is 0 Å². The first-order chi connectivity index (χ1) is 9.38. The molecule has 1 saturated heterocycles. The Morgan fingerprint density at radius 3 is 2.74 bits per heavy atom. The maximum atomic E-state index is 4.81. The average molecular weight is 296 g/mol. The van der Waals surface area contributed by atoms with E-state index in [-0.39, 0.29) is 0 Å². The molecule has 4 nitrogen and oxygen atoms in total. The van der Waals surface area contributed by atoms with Crippen molar-refractivity contribution in [2.45, 2.75) is 18.0 Å². The fraction of sp³-hybridized carbons (Fsp3) is 0.692. The third kappa shape index (κ3) is 3.01. The molecule has 3 rings (SSSR count). The number of nitrogens with zero attached hydrogens (tertiary/aromatic N) is 3. The summed E-state index contributed by atoms with van der Waals surface area (Å²) in [7, 11) is 0. The summed E-state index contributed by atoms with van der Waals surface area (Å²) in [5.74, 6) is 3.63. The van der Waals surface area contributed by atoms with Crippen LogP contribution in [0, 0.1) is 0 Å². The van der Waals surface area contributed by atoms with Gasteiger partial charge in [0.15, 0.2) is 5.16 Å². The van der Waals surface area contributed by atoms with E-state index in [2.05, 4.69) is 16.5 Å². The second-order valence-electron chi connectivity index (χ2n) is 4.81. The number of hydrogen-bond acceptors (Lipinski definition) is 6. The van der Waals surface area contributed by atoms with Crippen LogP contribution in [0.5, 0.6) is 0 Å². The number of anilines is 1. The molecule has 3 heterocycles. The first-order valence-electron chi connectivity index (χ1n) is 6.85. The molecule has 0 aromatic carbocycles. The minimum absolute atomic E-state index is 0.925. The number of thioether (sulfide) groups is 2. The maximum Gasteiger partial charge on any atom is 0.189 e. The summed E-state index contributed by atoms with van der Waals surface area (Å²) in [6, 6.07) is 0. The minimum Gasteiger partial charge on any atom is -0.355 e. The second kappa shape index (κ2) is 6.33. The van der Waals surface area contributed by atoms with Crippen LogP contribution < -0.4 is 10.2 Å². The molecule has 0 bridgehead atoms. The molecule has 1 aromatic heterocycles. The smallest absolute Gasteiger partial charge is 0.189 e. The molecule has 104 valence electrons. The molecule has 1 aromatic rings. The fourth-order valence-electron chi connectivity index (χ4n) is 2.63. The van der Waals surface area contributed by atoms with Crippen LogP contribution in [-0.4, -0.2) is 53.9 Å². The number of nitrogens with one attached hydrogen (secondary N) is 1. The summed E-state index contributed by atoms with van der Waals surface area (Å²) < 4.78 is 0. The molecule has 19 heavy (non-hydrogen) atoms. The lowest BCUT2D eigenvalue weighted by Gasteiger charge is -2.29. The van der Waals surface area contributed by atoms with Crippen LogP contribution in [0.4, 0.5) is 5.82 Å². The highest BCUT2D eigenvalue weighted by Crippen LogP contribution is 2.27. The van der Waals surface area contributed by atoms with Gasteiger partial charge in [0.1, 0.15) is 5.82 Å². The Labute approximate surface area is 123 Å². The Hall–Kier alpha value is -0.460. The lowest BCUT2D eigenvalue weighted by atomic mass is 10.1. The van der Waals surface area contributed by atoms with Gasteiger partial charge in [-0.3, -0.25) is 0 Å². The minimum atomic E-state index is 0.925. The summed E-state index contributed by atoms with van der Waals surface area (Å²) in [5.41, 5.74) is 2.65. The van der Waals surface area contributed by atoms with Crippen molar-refractivity contribution in [2.75, 3.05) is 48.8 Å². The summed E-state index contributed by atoms with van der Waals surface area (Å²) in [5, 5.41) is 4.39. The largest absolute Gasteiger partial charge is 0.355 e. The molecule has 0 atom stereocenters. The van der Waals surface area contributed by atoms with Gasteiger partial charge in [0.2, 0.25) is 0 Å². The van der Waals surface area contributed by atoms with Gasteiger partial charge in [-0.1, -0.05) is 11.8 Å². The van der Waals surface area contributed by atoms with Gasteiger partial charge in [0.25, 0.3) is 0 Å². The van der Waals surface area contributed by atoms with Gasteiger partial charge in [-0.15, -0.1) is 0 Å². The lowest BCUT2D eigenvalue weighted by Crippen LogP contribution is -2.34.